The highest BCUT2D eigenvalue weighted by atomic mass is 15.0. The standard InChI is InChI=1S/C13H15N3/c1-4-6-11-10(9-14-2)13-12(16(11)3)7-5-8-15-13/h4-9H,1-3H3/b6-4-,14-9?. The van der Waals surface area contributed by atoms with Gasteiger partial charge in [0.2, 0.25) is 0 Å². The minimum absolute atomic E-state index is 1.00. The molecule has 0 aliphatic carbocycles. The zero-order chi connectivity index (χ0) is 11.5. The number of aromatic nitrogens is 2. The molecule has 0 N–H and O–H groups in total. The molecule has 0 fully saturated rings. The molecule has 0 atom stereocenters. The van der Waals surface area contributed by atoms with E-state index in [1.165, 1.54) is 0 Å². The molecule has 2 aromatic heterocycles. The molecule has 2 aromatic rings. The molecule has 82 valence electrons. The number of fused-ring (bicyclic) bond motifs is 1. The molecular weight excluding hydrogens is 198 g/mol. The predicted octanol–water partition coefficient (Wildman–Crippen LogP) is 2.66. The van der Waals surface area contributed by atoms with Gasteiger partial charge >= 0.3 is 0 Å². The monoisotopic (exact) mass is 213 g/mol. The molecule has 0 radical (unpaired) electrons. The summed E-state index contributed by atoms with van der Waals surface area (Å²) in [5.74, 6) is 0. The van der Waals surface area contributed by atoms with Crippen molar-refractivity contribution in [1.82, 2.24) is 9.55 Å². The molecule has 0 aliphatic rings. The molecule has 2 heterocycles. The maximum absolute atomic E-state index is 4.42. The van der Waals surface area contributed by atoms with Crippen LogP contribution in [-0.4, -0.2) is 22.8 Å². The van der Waals surface area contributed by atoms with Crippen molar-refractivity contribution in [3.8, 4) is 0 Å². The normalized spacial score (nSPS) is 12.2. The van der Waals surface area contributed by atoms with Crippen molar-refractivity contribution in [3.05, 3.63) is 35.7 Å². The highest BCUT2D eigenvalue weighted by molar-refractivity contribution is 6.01. The molecule has 0 amide bonds. The zero-order valence-electron chi connectivity index (χ0n) is 9.81. The van der Waals surface area contributed by atoms with Gasteiger partial charge in [-0.05, 0) is 25.1 Å². The highest BCUT2D eigenvalue weighted by Crippen LogP contribution is 2.22. The second-order valence-electron chi connectivity index (χ2n) is 3.62. The summed E-state index contributed by atoms with van der Waals surface area (Å²) in [6.45, 7) is 2.01. The fourth-order valence-corrected chi connectivity index (χ4v) is 1.92. The van der Waals surface area contributed by atoms with Crippen LogP contribution in [0.15, 0.2) is 29.4 Å². The Labute approximate surface area is 95.1 Å². The van der Waals surface area contributed by atoms with E-state index in [0.29, 0.717) is 0 Å². The number of aryl methyl sites for hydroxylation is 1. The summed E-state index contributed by atoms with van der Waals surface area (Å²) in [5, 5.41) is 0. The van der Waals surface area contributed by atoms with Crippen molar-refractivity contribution < 1.29 is 0 Å². The van der Waals surface area contributed by atoms with Crippen molar-refractivity contribution in [2.75, 3.05) is 7.05 Å². The summed E-state index contributed by atoms with van der Waals surface area (Å²) in [6.07, 6.45) is 7.79. The first kappa shape index (κ1) is 10.6. The Morgan fingerprint density at radius 3 is 2.94 bits per heavy atom. The van der Waals surface area contributed by atoms with E-state index in [9.17, 15) is 0 Å². The van der Waals surface area contributed by atoms with Gasteiger partial charge in [-0.2, -0.15) is 0 Å². The first-order valence-corrected chi connectivity index (χ1v) is 5.28. The Morgan fingerprint density at radius 1 is 1.44 bits per heavy atom. The van der Waals surface area contributed by atoms with Gasteiger partial charge in [-0.1, -0.05) is 6.08 Å². The SMILES string of the molecule is C/C=C\c1c(C=NC)c2ncccc2n1C. The third kappa shape index (κ3) is 1.54. The fraction of sp³-hybridized carbons (Fsp3) is 0.231. The summed E-state index contributed by atoms with van der Waals surface area (Å²) < 4.78 is 2.14. The van der Waals surface area contributed by atoms with Gasteiger partial charge < -0.3 is 4.57 Å². The summed E-state index contributed by atoms with van der Waals surface area (Å²) in [7, 11) is 3.83. The molecule has 0 spiro atoms. The molecule has 3 heteroatoms. The first-order valence-electron chi connectivity index (χ1n) is 5.28. The lowest BCUT2D eigenvalue weighted by Gasteiger charge is -1.98. The van der Waals surface area contributed by atoms with Gasteiger partial charge in [0, 0.05) is 32.1 Å². The molecule has 0 bridgehead atoms. The van der Waals surface area contributed by atoms with E-state index in [2.05, 4.69) is 26.7 Å². The average molecular weight is 213 g/mol. The van der Waals surface area contributed by atoms with E-state index in [1.807, 2.05) is 38.5 Å². The van der Waals surface area contributed by atoms with Crippen LogP contribution in [0, 0.1) is 0 Å². The van der Waals surface area contributed by atoms with Crippen molar-refractivity contribution in [3.63, 3.8) is 0 Å². The number of rotatable bonds is 2. The summed E-state index contributed by atoms with van der Waals surface area (Å²) in [5.41, 5.74) is 4.36. The molecule has 16 heavy (non-hydrogen) atoms. The molecule has 2 rings (SSSR count). The molecule has 0 saturated carbocycles. The van der Waals surface area contributed by atoms with Gasteiger partial charge in [0.15, 0.2) is 0 Å². The number of hydrogen-bond acceptors (Lipinski definition) is 2. The van der Waals surface area contributed by atoms with Gasteiger partial charge in [-0.25, -0.2) is 0 Å². The zero-order valence-corrected chi connectivity index (χ0v) is 9.81. The smallest absolute Gasteiger partial charge is 0.0974 e. The van der Waals surface area contributed by atoms with Gasteiger partial charge in [-0.3, -0.25) is 9.98 Å². The Balaban J connectivity index is 2.85. The molecule has 3 nitrogen and oxygen atoms in total. The maximum atomic E-state index is 4.42. The van der Waals surface area contributed by atoms with Gasteiger partial charge in [0.1, 0.15) is 0 Å². The first-order chi connectivity index (χ1) is 7.79. The maximum Gasteiger partial charge on any atom is 0.0974 e. The quantitative estimate of drug-likeness (QED) is 0.705. The molecule has 0 unspecified atom stereocenters. The minimum Gasteiger partial charge on any atom is -0.342 e. The lowest BCUT2D eigenvalue weighted by molar-refractivity contribution is 0.952. The Hall–Kier alpha value is -1.90. The predicted molar refractivity (Wildman–Crippen MR) is 68.9 cm³/mol. The molecule has 0 aliphatic heterocycles. The second kappa shape index (κ2) is 4.31. The molecule has 0 saturated heterocycles. The third-order valence-electron chi connectivity index (χ3n) is 2.62. The lowest BCUT2D eigenvalue weighted by atomic mass is 10.2. The minimum atomic E-state index is 1.00. The summed E-state index contributed by atoms with van der Waals surface area (Å²) in [4.78, 5) is 8.52. The van der Waals surface area contributed by atoms with Crippen LogP contribution in [-0.2, 0) is 7.05 Å². The van der Waals surface area contributed by atoms with Crippen LogP contribution in [0.4, 0.5) is 0 Å². The summed E-state index contributed by atoms with van der Waals surface area (Å²) >= 11 is 0. The van der Waals surface area contributed by atoms with E-state index in [-0.39, 0.29) is 0 Å². The van der Waals surface area contributed by atoms with Crippen LogP contribution < -0.4 is 0 Å². The van der Waals surface area contributed by atoms with Crippen molar-refractivity contribution in [1.29, 1.82) is 0 Å². The van der Waals surface area contributed by atoms with Crippen molar-refractivity contribution >= 4 is 23.3 Å². The van der Waals surface area contributed by atoms with Crippen LogP contribution in [0.3, 0.4) is 0 Å². The fourth-order valence-electron chi connectivity index (χ4n) is 1.92. The number of hydrogen-bond donors (Lipinski definition) is 0. The topological polar surface area (TPSA) is 30.2 Å². The molecule has 0 aromatic carbocycles. The highest BCUT2D eigenvalue weighted by Gasteiger charge is 2.11. The average Bonchev–Trinajstić information content (AvgIpc) is 2.57. The summed E-state index contributed by atoms with van der Waals surface area (Å²) in [6, 6.07) is 4.02. The van der Waals surface area contributed by atoms with Gasteiger partial charge in [0.25, 0.3) is 0 Å². The number of aliphatic imine (C=N–C) groups is 1. The van der Waals surface area contributed by atoms with Gasteiger partial charge in [0.05, 0.1) is 16.7 Å². The Morgan fingerprint density at radius 2 is 2.25 bits per heavy atom. The van der Waals surface area contributed by atoms with Crippen LogP contribution >= 0.6 is 0 Å². The second-order valence-corrected chi connectivity index (χ2v) is 3.62. The number of nitrogens with zero attached hydrogens (tertiary/aromatic N) is 3. The molecular formula is C13H15N3. The van der Waals surface area contributed by atoms with Crippen LogP contribution in [0.1, 0.15) is 18.2 Å². The van der Waals surface area contributed by atoms with Crippen molar-refractivity contribution in [2.45, 2.75) is 6.92 Å². The Bertz CT molecular complexity index is 562. The van der Waals surface area contributed by atoms with Gasteiger partial charge in [-0.15, -0.1) is 0 Å². The van der Waals surface area contributed by atoms with Crippen LogP contribution in [0.25, 0.3) is 17.1 Å². The number of allylic oxidation sites excluding steroid dienone is 1. The number of pyridine rings is 1. The van der Waals surface area contributed by atoms with E-state index in [4.69, 9.17) is 0 Å². The van der Waals surface area contributed by atoms with Crippen molar-refractivity contribution in [2.24, 2.45) is 12.0 Å². The van der Waals surface area contributed by atoms with E-state index in [0.717, 1.165) is 22.3 Å². The van der Waals surface area contributed by atoms with Crippen LogP contribution in [0.2, 0.25) is 0 Å². The Kier molecular flexibility index (Phi) is 2.86. The van der Waals surface area contributed by atoms with Crippen LogP contribution in [0.5, 0.6) is 0 Å². The lowest BCUT2D eigenvalue weighted by Crippen LogP contribution is -1.92. The largest absolute Gasteiger partial charge is 0.342 e. The van der Waals surface area contributed by atoms with E-state index >= 15 is 0 Å². The van der Waals surface area contributed by atoms with E-state index < -0.39 is 0 Å². The van der Waals surface area contributed by atoms with E-state index in [1.54, 1.807) is 7.05 Å². The third-order valence-corrected chi connectivity index (χ3v) is 2.62.